The van der Waals surface area contributed by atoms with Crippen LogP contribution in [0.5, 0.6) is 0 Å². The second-order valence-electron chi connectivity index (χ2n) is 7.40. The topological polar surface area (TPSA) is 67.4 Å². The molecule has 154 valence electrons. The van der Waals surface area contributed by atoms with Gasteiger partial charge in [-0.3, -0.25) is 4.79 Å². The molecule has 0 atom stereocenters. The van der Waals surface area contributed by atoms with E-state index in [2.05, 4.69) is 28.5 Å². The van der Waals surface area contributed by atoms with E-state index in [4.69, 9.17) is 9.72 Å². The number of hydrogen-bond donors (Lipinski definition) is 1. The predicted molar refractivity (Wildman–Crippen MR) is 121 cm³/mol. The number of amides is 1. The number of fused-ring (bicyclic) bond motifs is 1. The Bertz CT molecular complexity index is 1210. The Morgan fingerprint density at radius 1 is 0.935 bits per heavy atom. The van der Waals surface area contributed by atoms with Crippen molar-refractivity contribution in [3.05, 3.63) is 84.6 Å². The number of carbonyl (C=O) groups is 1. The zero-order chi connectivity index (χ0) is 21.0. The first-order valence-electron chi connectivity index (χ1n) is 10.3. The molecule has 5 rings (SSSR count). The zero-order valence-electron chi connectivity index (χ0n) is 17.0. The highest BCUT2D eigenvalue weighted by Gasteiger charge is 2.19. The summed E-state index contributed by atoms with van der Waals surface area (Å²) in [6, 6.07) is 23.6. The van der Waals surface area contributed by atoms with Crippen molar-refractivity contribution in [1.29, 1.82) is 0 Å². The van der Waals surface area contributed by atoms with Crippen molar-refractivity contribution in [3.8, 4) is 11.1 Å². The normalized spacial score (nSPS) is 13.9. The van der Waals surface area contributed by atoms with Gasteiger partial charge in [-0.1, -0.05) is 42.5 Å². The smallest absolute Gasteiger partial charge is 0.254 e. The number of rotatable bonds is 4. The Hall–Kier alpha value is -3.77. The molecule has 0 bridgehead atoms. The van der Waals surface area contributed by atoms with Gasteiger partial charge in [-0.15, -0.1) is 0 Å². The number of ether oxygens (including phenoxy) is 1. The molecule has 0 spiro atoms. The third-order valence-corrected chi connectivity index (χ3v) is 5.36. The van der Waals surface area contributed by atoms with Crippen LogP contribution in [-0.2, 0) is 4.74 Å². The van der Waals surface area contributed by atoms with Gasteiger partial charge in [0.15, 0.2) is 0 Å². The van der Waals surface area contributed by atoms with Crippen LogP contribution in [0.1, 0.15) is 10.4 Å². The van der Waals surface area contributed by atoms with Gasteiger partial charge in [0, 0.05) is 35.8 Å². The molecular weight excluding hydrogens is 388 g/mol. The number of carbonyl (C=O) groups excluding carboxylic acids is 1. The molecule has 0 unspecified atom stereocenters. The molecule has 31 heavy (non-hydrogen) atoms. The Morgan fingerprint density at radius 3 is 2.52 bits per heavy atom. The van der Waals surface area contributed by atoms with Crippen LogP contribution in [0.4, 0.5) is 11.6 Å². The average Bonchev–Trinajstić information content (AvgIpc) is 2.84. The molecule has 0 saturated carbocycles. The van der Waals surface area contributed by atoms with E-state index in [-0.39, 0.29) is 5.91 Å². The first kappa shape index (κ1) is 19.2. The van der Waals surface area contributed by atoms with Gasteiger partial charge in [-0.2, -0.15) is 0 Å². The van der Waals surface area contributed by atoms with Crippen molar-refractivity contribution in [2.24, 2.45) is 0 Å². The van der Waals surface area contributed by atoms with Gasteiger partial charge in [0.25, 0.3) is 5.91 Å². The van der Waals surface area contributed by atoms with Crippen molar-refractivity contribution in [3.63, 3.8) is 0 Å². The van der Waals surface area contributed by atoms with Crippen LogP contribution in [0.25, 0.3) is 22.0 Å². The fourth-order valence-corrected chi connectivity index (χ4v) is 3.74. The third-order valence-electron chi connectivity index (χ3n) is 5.36. The third kappa shape index (κ3) is 4.11. The summed E-state index contributed by atoms with van der Waals surface area (Å²) in [5.74, 6) is 1.43. The number of aromatic nitrogens is 2. The molecule has 1 fully saturated rings. The minimum atomic E-state index is 0.0124. The van der Waals surface area contributed by atoms with Crippen LogP contribution in [0.3, 0.4) is 0 Å². The van der Waals surface area contributed by atoms with Crippen molar-refractivity contribution in [2.45, 2.75) is 0 Å². The van der Waals surface area contributed by atoms with Crippen LogP contribution < -0.4 is 5.32 Å². The molecule has 4 aromatic rings. The van der Waals surface area contributed by atoms with Crippen LogP contribution in [0.15, 0.2) is 79.0 Å². The Balaban J connectivity index is 1.58. The van der Waals surface area contributed by atoms with E-state index in [0.29, 0.717) is 43.5 Å². The number of benzene rings is 2. The summed E-state index contributed by atoms with van der Waals surface area (Å²) < 4.78 is 5.36. The number of nitrogens with one attached hydrogen (secondary N) is 1. The first-order chi connectivity index (χ1) is 15.3. The molecule has 3 heterocycles. The van der Waals surface area contributed by atoms with Crippen molar-refractivity contribution < 1.29 is 9.53 Å². The van der Waals surface area contributed by atoms with Gasteiger partial charge in [0.1, 0.15) is 11.6 Å². The Kier molecular flexibility index (Phi) is 5.29. The molecule has 6 heteroatoms. The fourth-order valence-electron chi connectivity index (χ4n) is 3.74. The molecule has 0 aliphatic carbocycles. The maximum atomic E-state index is 12.9. The van der Waals surface area contributed by atoms with Gasteiger partial charge in [-0.05, 0) is 35.9 Å². The molecule has 6 nitrogen and oxygen atoms in total. The number of morpholine rings is 1. The summed E-state index contributed by atoms with van der Waals surface area (Å²) in [6.45, 7) is 2.39. The maximum Gasteiger partial charge on any atom is 0.254 e. The largest absolute Gasteiger partial charge is 0.378 e. The summed E-state index contributed by atoms with van der Waals surface area (Å²) in [6.07, 6.45) is 1.74. The molecule has 1 amide bonds. The monoisotopic (exact) mass is 410 g/mol. The molecule has 2 aromatic carbocycles. The van der Waals surface area contributed by atoms with Gasteiger partial charge < -0.3 is 15.0 Å². The van der Waals surface area contributed by atoms with Gasteiger partial charge >= 0.3 is 0 Å². The second kappa shape index (κ2) is 8.53. The molecular formula is C25H22N4O2. The van der Waals surface area contributed by atoms with E-state index >= 15 is 0 Å². The second-order valence-corrected chi connectivity index (χ2v) is 7.40. The Morgan fingerprint density at radius 2 is 1.74 bits per heavy atom. The standard InChI is InChI=1S/C25H22N4O2/c30-25(29-12-14-31-15-13-29)20-10-9-19-16-21(18-6-2-1-3-7-18)24(27-22(19)17-20)28-23-8-4-5-11-26-23/h1-11,16-17H,12-15H2,(H,26,27,28). The number of anilines is 2. The lowest BCUT2D eigenvalue weighted by molar-refractivity contribution is 0.0303. The number of nitrogens with zero attached hydrogens (tertiary/aromatic N) is 3. The maximum absolute atomic E-state index is 12.9. The zero-order valence-corrected chi connectivity index (χ0v) is 17.0. The number of hydrogen-bond acceptors (Lipinski definition) is 5. The highest BCUT2D eigenvalue weighted by molar-refractivity contribution is 5.99. The van der Waals surface area contributed by atoms with Crippen LogP contribution in [0, 0.1) is 0 Å². The van der Waals surface area contributed by atoms with Crippen molar-refractivity contribution in [1.82, 2.24) is 14.9 Å². The van der Waals surface area contributed by atoms with E-state index in [1.807, 2.05) is 59.5 Å². The lowest BCUT2D eigenvalue weighted by atomic mass is 10.0. The Labute approximate surface area is 180 Å². The van der Waals surface area contributed by atoms with Gasteiger partial charge in [0.2, 0.25) is 0 Å². The average molecular weight is 410 g/mol. The van der Waals surface area contributed by atoms with Gasteiger partial charge in [0.05, 0.1) is 18.7 Å². The van der Waals surface area contributed by atoms with Gasteiger partial charge in [-0.25, -0.2) is 9.97 Å². The first-order valence-corrected chi connectivity index (χ1v) is 10.3. The minimum absolute atomic E-state index is 0.0124. The lowest BCUT2D eigenvalue weighted by Gasteiger charge is -2.27. The summed E-state index contributed by atoms with van der Waals surface area (Å²) >= 11 is 0. The van der Waals surface area contributed by atoms with Crippen molar-refractivity contribution in [2.75, 3.05) is 31.6 Å². The highest BCUT2D eigenvalue weighted by atomic mass is 16.5. The lowest BCUT2D eigenvalue weighted by Crippen LogP contribution is -2.40. The fraction of sp³-hybridized carbons (Fsp3) is 0.160. The van der Waals surface area contributed by atoms with E-state index in [1.54, 1.807) is 6.20 Å². The van der Waals surface area contributed by atoms with E-state index in [9.17, 15) is 4.79 Å². The molecule has 1 aliphatic heterocycles. The molecule has 1 aliphatic rings. The van der Waals surface area contributed by atoms with E-state index in [1.165, 1.54) is 0 Å². The van der Waals surface area contributed by atoms with E-state index < -0.39 is 0 Å². The molecule has 0 radical (unpaired) electrons. The van der Waals surface area contributed by atoms with Crippen molar-refractivity contribution >= 4 is 28.4 Å². The predicted octanol–water partition coefficient (Wildman–Crippen LogP) is 4.51. The summed E-state index contributed by atoms with van der Waals surface area (Å²) in [5.41, 5.74) is 3.44. The molecule has 1 saturated heterocycles. The van der Waals surface area contributed by atoms with E-state index in [0.717, 1.165) is 22.0 Å². The summed E-state index contributed by atoms with van der Waals surface area (Å²) in [5, 5.41) is 4.32. The molecule has 2 aromatic heterocycles. The van der Waals surface area contributed by atoms with Crippen LogP contribution in [-0.4, -0.2) is 47.1 Å². The highest BCUT2D eigenvalue weighted by Crippen LogP contribution is 2.32. The number of pyridine rings is 2. The summed E-state index contributed by atoms with van der Waals surface area (Å²) in [7, 11) is 0. The SMILES string of the molecule is O=C(c1ccc2cc(-c3ccccc3)c(Nc3ccccn3)nc2c1)N1CCOCC1. The van der Waals surface area contributed by atoms with Crippen LogP contribution >= 0.6 is 0 Å². The van der Waals surface area contributed by atoms with Crippen LogP contribution in [0.2, 0.25) is 0 Å². The minimum Gasteiger partial charge on any atom is -0.378 e. The quantitative estimate of drug-likeness (QED) is 0.536. The molecule has 1 N–H and O–H groups in total. The summed E-state index contributed by atoms with van der Waals surface area (Å²) in [4.78, 5) is 24.0.